The van der Waals surface area contributed by atoms with E-state index in [-0.39, 0.29) is 0 Å². The van der Waals surface area contributed by atoms with E-state index in [0.29, 0.717) is 0 Å². The van der Waals surface area contributed by atoms with Gasteiger partial charge in [-0.2, -0.15) is 0 Å². The summed E-state index contributed by atoms with van der Waals surface area (Å²) in [5.74, 6) is 0. The Morgan fingerprint density at radius 1 is 1.00 bits per heavy atom. The van der Waals surface area contributed by atoms with Crippen molar-refractivity contribution in [1.82, 2.24) is 0 Å². The molecule has 3 heteroatoms. The Morgan fingerprint density at radius 2 is 1.65 bits per heavy atom. The van der Waals surface area contributed by atoms with Crippen molar-refractivity contribution >= 4 is 23.7 Å². The van der Waals surface area contributed by atoms with E-state index in [9.17, 15) is 0 Å². The number of nitrogens with zero attached hydrogens (tertiary/aromatic N) is 1. The summed E-state index contributed by atoms with van der Waals surface area (Å²) in [6, 6.07) is 16.0. The second-order valence-corrected chi connectivity index (χ2v) is 4.65. The molecule has 0 atom stereocenters. The largest absolute Gasteiger partial charge is 0.398 e. The van der Waals surface area contributed by atoms with Crippen molar-refractivity contribution in [3.8, 4) is 0 Å². The van der Waals surface area contributed by atoms with E-state index >= 15 is 0 Å². The van der Waals surface area contributed by atoms with E-state index in [4.69, 9.17) is 5.73 Å². The van der Waals surface area contributed by atoms with E-state index in [1.54, 1.807) is 18.8 Å². The third-order valence-corrected chi connectivity index (χ3v) is 3.51. The van der Waals surface area contributed by atoms with Gasteiger partial charge in [0.05, 0.1) is 0 Å². The third-order valence-electron chi connectivity index (χ3n) is 2.33. The van der Waals surface area contributed by atoms with Crippen LogP contribution in [0.4, 0.5) is 5.69 Å². The monoisotopic (exact) mass is 242 g/mol. The number of nitrogen functional groups attached to an aromatic ring is 1. The number of benzene rings is 2. The van der Waals surface area contributed by atoms with Crippen LogP contribution in [-0.2, 0) is 0 Å². The SMILES string of the molecule is CN=Cc1ccccc1Sc1ccccc1N. The van der Waals surface area contributed by atoms with Crippen LogP contribution in [0.25, 0.3) is 0 Å². The van der Waals surface area contributed by atoms with Crippen molar-refractivity contribution in [2.75, 3.05) is 12.8 Å². The maximum Gasteiger partial charge on any atom is 0.0455 e. The number of hydrogen-bond acceptors (Lipinski definition) is 3. The highest BCUT2D eigenvalue weighted by Crippen LogP contribution is 2.33. The molecule has 0 aliphatic heterocycles. The van der Waals surface area contributed by atoms with E-state index in [1.807, 2.05) is 42.6 Å². The highest BCUT2D eigenvalue weighted by molar-refractivity contribution is 7.99. The van der Waals surface area contributed by atoms with Crippen LogP contribution >= 0.6 is 11.8 Å². The maximum absolute atomic E-state index is 5.94. The van der Waals surface area contributed by atoms with Crippen molar-refractivity contribution in [3.63, 3.8) is 0 Å². The van der Waals surface area contributed by atoms with Crippen LogP contribution in [0.5, 0.6) is 0 Å². The fourth-order valence-electron chi connectivity index (χ4n) is 1.51. The van der Waals surface area contributed by atoms with Gasteiger partial charge in [-0.05, 0) is 18.2 Å². The quantitative estimate of drug-likeness (QED) is 0.661. The van der Waals surface area contributed by atoms with Crippen LogP contribution in [0.1, 0.15) is 5.56 Å². The lowest BCUT2D eigenvalue weighted by molar-refractivity contribution is 1.37. The molecule has 2 aromatic carbocycles. The van der Waals surface area contributed by atoms with E-state index in [0.717, 1.165) is 21.0 Å². The number of hydrogen-bond donors (Lipinski definition) is 1. The molecule has 0 fully saturated rings. The number of para-hydroxylation sites is 1. The summed E-state index contributed by atoms with van der Waals surface area (Å²) >= 11 is 1.66. The lowest BCUT2D eigenvalue weighted by atomic mass is 10.2. The van der Waals surface area contributed by atoms with Gasteiger partial charge in [-0.25, -0.2) is 0 Å². The lowest BCUT2D eigenvalue weighted by Gasteiger charge is -2.07. The fraction of sp³-hybridized carbons (Fsp3) is 0.0714. The van der Waals surface area contributed by atoms with Crippen molar-refractivity contribution in [2.45, 2.75) is 9.79 Å². The highest BCUT2D eigenvalue weighted by Gasteiger charge is 2.04. The summed E-state index contributed by atoms with van der Waals surface area (Å²) in [7, 11) is 1.78. The number of nitrogens with two attached hydrogens (primary N) is 1. The van der Waals surface area contributed by atoms with Gasteiger partial charge in [-0.3, -0.25) is 4.99 Å². The van der Waals surface area contributed by atoms with E-state index in [1.165, 1.54) is 0 Å². The first-order valence-electron chi connectivity index (χ1n) is 5.35. The Labute approximate surface area is 106 Å². The Kier molecular flexibility index (Phi) is 3.83. The van der Waals surface area contributed by atoms with Crippen molar-refractivity contribution in [3.05, 3.63) is 54.1 Å². The van der Waals surface area contributed by atoms with Gasteiger partial charge in [0, 0.05) is 34.3 Å². The predicted octanol–water partition coefficient (Wildman–Crippen LogP) is 3.47. The van der Waals surface area contributed by atoms with Crippen molar-refractivity contribution < 1.29 is 0 Å². The standard InChI is InChI=1S/C14H14N2S/c1-16-10-11-6-2-4-8-13(11)17-14-9-5-3-7-12(14)15/h2-10H,15H2,1H3. The topological polar surface area (TPSA) is 38.4 Å². The predicted molar refractivity (Wildman–Crippen MR) is 74.9 cm³/mol. The lowest BCUT2D eigenvalue weighted by Crippen LogP contribution is -1.89. The summed E-state index contributed by atoms with van der Waals surface area (Å²) in [6.45, 7) is 0. The number of rotatable bonds is 3. The maximum atomic E-state index is 5.94. The third kappa shape index (κ3) is 2.88. The van der Waals surface area contributed by atoms with E-state index in [2.05, 4.69) is 17.1 Å². The first-order valence-corrected chi connectivity index (χ1v) is 6.16. The molecule has 2 nitrogen and oxygen atoms in total. The van der Waals surface area contributed by atoms with Gasteiger partial charge in [0.2, 0.25) is 0 Å². The van der Waals surface area contributed by atoms with Crippen LogP contribution in [-0.4, -0.2) is 13.3 Å². The zero-order valence-electron chi connectivity index (χ0n) is 9.63. The summed E-state index contributed by atoms with van der Waals surface area (Å²) in [5, 5.41) is 0. The Bertz CT molecular complexity index is 535. The van der Waals surface area contributed by atoms with Crippen LogP contribution < -0.4 is 5.73 Å². The molecule has 0 spiro atoms. The van der Waals surface area contributed by atoms with Crippen LogP contribution in [0.15, 0.2) is 63.3 Å². The highest BCUT2D eigenvalue weighted by atomic mass is 32.2. The average molecular weight is 242 g/mol. The average Bonchev–Trinajstić information content (AvgIpc) is 2.35. The molecule has 2 N–H and O–H groups in total. The molecular formula is C14H14N2S. The van der Waals surface area contributed by atoms with E-state index < -0.39 is 0 Å². The molecule has 0 aromatic heterocycles. The molecule has 86 valence electrons. The first-order chi connectivity index (χ1) is 8.31. The summed E-state index contributed by atoms with van der Waals surface area (Å²) in [5.41, 5.74) is 7.86. The van der Waals surface area contributed by atoms with Gasteiger partial charge < -0.3 is 5.73 Å². The van der Waals surface area contributed by atoms with Gasteiger partial charge in [0.15, 0.2) is 0 Å². The molecular weight excluding hydrogens is 228 g/mol. The zero-order valence-corrected chi connectivity index (χ0v) is 10.4. The molecule has 0 unspecified atom stereocenters. The second kappa shape index (κ2) is 5.55. The first kappa shape index (κ1) is 11.7. The Hall–Kier alpha value is -1.74. The normalized spacial score (nSPS) is 10.9. The number of aliphatic imine (C=N–C) groups is 1. The molecule has 0 saturated heterocycles. The summed E-state index contributed by atoms with van der Waals surface area (Å²) < 4.78 is 0. The molecule has 0 bridgehead atoms. The van der Waals surface area contributed by atoms with Crippen LogP contribution in [0.3, 0.4) is 0 Å². The van der Waals surface area contributed by atoms with Crippen molar-refractivity contribution in [1.29, 1.82) is 0 Å². The molecule has 0 aliphatic carbocycles. The zero-order chi connectivity index (χ0) is 12.1. The van der Waals surface area contributed by atoms with Crippen LogP contribution in [0, 0.1) is 0 Å². The summed E-state index contributed by atoms with van der Waals surface area (Å²) in [6.07, 6.45) is 1.86. The molecule has 2 aromatic rings. The van der Waals surface area contributed by atoms with Gasteiger partial charge in [0.25, 0.3) is 0 Å². The van der Waals surface area contributed by atoms with Gasteiger partial charge in [-0.15, -0.1) is 0 Å². The molecule has 0 amide bonds. The number of anilines is 1. The Morgan fingerprint density at radius 3 is 2.35 bits per heavy atom. The minimum Gasteiger partial charge on any atom is -0.398 e. The van der Waals surface area contributed by atoms with Gasteiger partial charge >= 0.3 is 0 Å². The minimum atomic E-state index is 0.806. The molecule has 0 aliphatic rings. The fourth-order valence-corrected chi connectivity index (χ4v) is 2.47. The summed E-state index contributed by atoms with van der Waals surface area (Å²) in [4.78, 5) is 6.30. The molecule has 2 rings (SSSR count). The van der Waals surface area contributed by atoms with Gasteiger partial charge in [-0.1, -0.05) is 42.1 Å². The molecule has 0 heterocycles. The molecule has 17 heavy (non-hydrogen) atoms. The Balaban J connectivity index is 2.33. The smallest absolute Gasteiger partial charge is 0.0455 e. The second-order valence-electron chi connectivity index (χ2n) is 3.57. The molecule has 0 radical (unpaired) electrons. The van der Waals surface area contributed by atoms with Crippen molar-refractivity contribution in [2.24, 2.45) is 4.99 Å². The minimum absolute atomic E-state index is 0.806. The van der Waals surface area contributed by atoms with Crippen LogP contribution in [0.2, 0.25) is 0 Å². The molecule has 0 saturated carbocycles. The van der Waals surface area contributed by atoms with Gasteiger partial charge in [0.1, 0.15) is 0 Å².